The molecule has 86 valence electrons. The van der Waals surface area contributed by atoms with Crippen LogP contribution >= 0.6 is 0 Å². The van der Waals surface area contributed by atoms with Gasteiger partial charge in [-0.1, -0.05) is 32.1 Å². The number of carbonyl (C=O) groups is 1. The summed E-state index contributed by atoms with van der Waals surface area (Å²) < 4.78 is 0. The lowest BCUT2D eigenvalue weighted by Gasteiger charge is -2.19. The molecule has 0 radical (unpaired) electrons. The smallest absolute Gasteiger partial charge is 0.223 e. The number of nitrogens with one attached hydrogen (secondary N) is 1. The van der Waals surface area contributed by atoms with Gasteiger partial charge < -0.3 is 11.1 Å². The highest BCUT2D eigenvalue weighted by Gasteiger charge is 2.36. The van der Waals surface area contributed by atoms with Crippen molar-refractivity contribution in [3.8, 4) is 0 Å². The standard InChI is InChI=1S/C12H22N2O/c13-10-8-11(10)14-12(15)9-6-4-2-1-3-5-7-9/h9-11H,1-8,13H2,(H,14,15). The lowest BCUT2D eigenvalue weighted by atomic mass is 9.90. The molecule has 0 heterocycles. The van der Waals surface area contributed by atoms with Crippen LogP contribution in [0.25, 0.3) is 0 Å². The van der Waals surface area contributed by atoms with Crippen LogP contribution in [0, 0.1) is 5.92 Å². The minimum absolute atomic E-state index is 0.225. The van der Waals surface area contributed by atoms with E-state index in [0.29, 0.717) is 0 Å². The van der Waals surface area contributed by atoms with E-state index >= 15 is 0 Å². The predicted molar refractivity (Wildman–Crippen MR) is 60.3 cm³/mol. The Balaban J connectivity index is 1.76. The quantitative estimate of drug-likeness (QED) is 0.726. The first kappa shape index (κ1) is 10.9. The summed E-state index contributed by atoms with van der Waals surface area (Å²) in [6.07, 6.45) is 9.50. The van der Waals surface area contributed by atoms with Crippen LogP contribution in [0.5, 0.6) is 0 Å². The largest absolute Gasteiger partial charge is 0.352 e. The third-order valence-electron chi connectivity index (χ3n) is 3.64. The molecule has 0 aromatic rings. The molecule has 3 heteroatoms. The highest BCUT2D eigenvalue weighted by molar-refractivity contribution is 5.79. The predicted octanol–water partition coefficient (Wildman–Crippen LogP) is 1.56. The first-order valence-electron chi connectivity index (χ1n) is 6.33. The molecule has 2 fully saturated rings. The fraction of sp³-hybridized carbons (Fsp3) is 0.917. The summed E-state index contributed by atoms with van der Waals surface area (Å²) in [5, 5.41) is 3.06. The Morgan fingerprint density at radius 3 is 2.13 bits per heavy atom. The average Bonchev–Trinajstić information content (AvgIpc) is 2.80. The molecule has 2 rings (SSSR count). The molecule has 0 aromatic heterocycles. The summed E-state index contributed by atoms with van der Waals surface area (Å²) in [7, 11) is 0. The molecule has 15 heavy (non-hydrogen) atoms. The normalized spacial score (nSPS) is 32.9. The molecular weight excluding hydrogens is 188 g/mol. The van der Waals surface area contributed by atoms with Gasteiger partial charge in [-0.15, -0.1) is 0 Å². The van der Waals surface area contributed by atoms with E-state index in [-0.39, 0.29) is 23.9 Å². The van der Waals surface area contributed by atoms with Crippen molar-refractivity contribution in [2.24, 2.45) is 11.7 Å². The van der Waals surface area contributed by atoms with E-state index in [0.717, 1.165) is 19.3 Å². The van der Waals surface area contributed by atoms with E-state index in [1.54, 1.807) is 0 Å². The molecule has 0 aromatic carbocycles. The van der Waals surface area contributed by atoms with E-state index in [4.69, 9.17) is 5.73 Å². The number of rotatable bonds is 2. The van der Waals surface area contributed by atoms with Gasteiger partial charge >= 0.3 is 0 Å². The van der Waals surface area contributed by atoms with Gasteiger partial charge in [0, 0.05) is 18.0 Å². The summed E-state index contributed by atoms with van der Waals surface area (Å²) >= 11 is 0. The Morgan fingerprint density at radius 2 is 1.60 bits per heavy atom. The molecular formula is C12H22N2O. The van der Waals surface area contributed by atoms with Gasteiger partial charge in [0.25, 0.3) is 0 Å². The Kier molecular flexibility index (Phi) is 3.62. The number of nitrogens with two attached hydrogens (primary N) is 1. The number of hydrogen-bond acceptors (Lipinski definition) is 2. The molecule has 1 amide bonds. The van der Waals surface area contributed by atoms with Crippen molar-refractivity contribution >= 4 is 5.91 Å². The highest BCUT2D eigenvalue weighted by Crippen LogP contribution is 2.24. The van der Waals surface area contributed by atoms with Crippen LogP contribution in [0.15, 0.2) is 0 Å². The maximum Gasteiger partial charge on any atom is 0.223 e. The van der Waals surface area contributed by atoms with Crippen molar-refractivity contribution in [2.45, 2.75) is 63.5 Å². The van der Waals surface area contributed by atoms with Crippen LogP contribution < -0.4 is 11.1 Å². The van der Waals surface area contributed by atoms with E-state index in [1.807, 2.05) is 0 Å². The van der Waals surface area contributed by atoms with Crippen molar-refractivity contribution in [1.82, 2.24) is 5.32 Å². The summed E-state index contributed by atoms with van der Waals surface area (Å²) in [4.78, 5) is 11.9. The van der Waals surface area contributed by atoms with Crippen molar-refractivity contribution in [3.05, 3.63) is 0 Å². The number of hydrogen-bond donors (Lipinski definition) is 2. The van der Waals surface area contributed by atoms with Crippen LogP contribution in [0.3, 0.4) is 0 Å². The lowest BCUT2D eigenvalue weighted by Crippen LogP contribution is -2.35. The SMILES string of the molecule is NC1CC1NC(=O)C1CCCCCCC1. The third kappa shape index (κ3) is 3.20. The van der Waals surface area contributed by atoms with Gasteiger partial charge in [-0.3, -0.25) is 4.79 Å². The van der Waals surface area contributed by atoms with Crippen molar-refractivity contribution in [2.75, 3.05) is 0 Å². The van der Waals surface area contributed by atoms with E-state index in [9.17, 15) is 4.79 Å². The molecule has 2 unspecified atom stereocenters. The summed E-state index contributed by atoms with van der Waals surface area (Å²) in [5.41, 5.74) is 5.69. The second-order valence-electron chi connectivity index (χ2n) is 5.06. The van der Waals surface area contributed by atoms with Crippen molar-refractivity contribution < 1.29 is 4.79 Å². The third-order valence-corrected chi connectivity index (χ3v) is 3.64. The molecule has 2 atom stereocenters. The van der Waals surface area contributed by atoms with Crippen LogP contribution in [-0.2, 0) is 4.79 Å². The van der Waals surface area contributed by atoms with Gasteiger partial charge in [-0.2, -0.15) is 0 Å². The first-order valence-corrected chi connectivity index (χ1v) is 6.33. The second kappa shape index (κ2) is 4.97. The Hall–Kier alpha value is -0.570. The Labute approximate surface area is 91.8 Å². The molecule has 2 aliphatic rings. The molecule has 0 saturated heterocycles. The minimum Gasteiger partial charge on any atom is -0.352 e. The zero-order chi connectivity index (χ0) is 10.7. The summed E-state index contributed by atoms with van der Waals surface area (Å²) in [6, 6.07) is 0.505. The summed E-state index contributed by atoms with van der Waals surface area (Å²) in [5.74, 6) is 0.521. The lowest BCUT2D eigenvalue weighted by molar-refractivity contribution is -0.125. The van der Waals surface area contributed by atoms with Gasteiger partial charge in [0.05, 0.1) is 0 Å². The Morgan fingerprint density at radius 1 is 1.07 bits per heavy atom. The monoisotopic (exact) mass is 210 g/mol. The fourth-order valence-corrected chi connectivity index (χ4v) is 2.40. The van der Waals surface area contributed by atoms with Crippen molar-refractivity contribution in [3.63, 3.8) is 0 Å². The topological polar surface area (TPSA) is 55.1 Å². The van der Waals surface area contributed by atoms with E-state index < -0.39 is 0 Å². The first-order chi connectivity index (χ1) is 7.27. The molecule has 2 saturated carbocycles. The molecule has 3 N–H and O–H groups in total. The van der Waals surface area contributed by atoms with Crippen molar-refractivity contribution in [1.29, 1.82) is 0 Å². The number of carbonyl (C=O) groups excluding carboxylic acids is 1. The highest BCUT2D eigenvalue weighted by atomic mass is 16.2. The van der Waals surface area contributed by atoms with Gasteiger partial charge in [0.2, 0.25) is 5.91 Å². The molecule has 0 spiro atoms. The Bertz CT molecular complexity index is 222. The van der Waals surface area contributed by atoms with Crippen LogP contribution in [0.2, 0.25) is 0 Å². The van der Waals surface area contributed by atoms with Crippen LogP contribution in [0.1, 0.15) is 51.4 Å². The summed E-state index contributed by atoms with van der Waals surface area (Å²) in [6.45, 7) is 0. The second-order valence-corrected chi connectivity index (χ2v) is 5.06. The zero-order valence-electron chi connectivity index (χ0n) is 9.37. The molecule has 2 aliphatic carbocycles. The van der Waals surface area contributed by atoms with E-state index in [2.05, 4.69) is 5.32 Å². The van der Waals surface area contributed by atoms with Gasteiger partial charge in [0.1, 0.15) is 0 Å². The fourth-order valence-electron chi connectivity index (χ4n) is 2.40. The van der Waals surface area contributed by atoms with Gasteiger partial charge in [-0.05, 0) is 19.3 Å². The number of amides is 1. The zero-order valence-corrected chi connectivity index (χ0v) is 9.37. The van der Waals surface area contributed by atoms with Crippen LogP contribution in [0.4, 0.5) is 0 Å². The minimum atomic E-state index is 0.225. The van der Waals surface area contributed by atoms with Gasteiger partial charge in [0.15, 0.2) is 0 Å². The maximum absolute atomic E-state index is 11.9. The average molecular weight is 210 g/mol. The molecule has 0 aliphatic heterocycles. The maximum atomic E-state index is 11.9. The van der Waals surface area contributed by atoms with Gasteiger partial charge in [-0.25, -0.2) is 0 Å². The van der Waals surface area contributed by atoms with E-state index in [1.165, 1.54) is 32.1 Å². The molecule has 3 nitrogen and oxygen atoms in total. The molecule has 0 bridgehead atoms. The van der Waals surface area contributed by atoms with Crippen LogP contribution in [-0.4, -0.2) is 18.0 Å².